The van der Waals surface area contributed by atoms with Crippen molar-refractivity contribution < 1.29 is 26.4 Å². The van der Waals surface area contributed by atoms with Gasteiger partial charge in [0.05, 0.1) is 29.0 Å². The number of amides is 1. The van der Waals surface area contributed by atoms with Crippen LogP contribution >= 0.6 is 0 Å². The summed E-state index contributed by atoms with van der Waals surface area (Å²) >= 11 is 0. The second-order valence-corrected chi connectivity index (χ2v) is 11.0. The van der Waals surface area contributed by atoms with Crippen LogP contribution in [0, 0.1) is 0 Å². The van der Waals surface area contributed by atoms with Crippen molar-refractivity contribution in [3.63, 3.8) is 0 Å². The Labute approximate surface area is 176 Å². The fraction of sp³-hybridized carbons (Fsp3) is 0.350. The number of nitrogens with zero attached hydrogens (tertiary/aromatic N) is 1. The second-order valence-electron chi connectivity index (χ2n) is 7.08. The average Bonchev–Trinajstić information content (AvgIpc) is 2.74. The van der Waals surface area contributed by atoms with Gasteiger partial charge in [0.15, 0.2) is 9.84 Å². The molecule has 1 atom stereocenters. The molecule has 1 aliphatic rings. The lowest BCUT2D eigenvalue weighted by atomic mass is 10.1. The van der Waals surface area contributed by atoms with E-state index in [2.05, 4.69) is 5.32 Å². The van der Waals surface area contributed by atoms with Crippen molar-refractivity contribution in [2.45, 2.75) is 22.8 Å². The minimum atomic E-state index is -3.70. The number of benzene rings is 2. The fourth-order valence-electron chi connectivity index (χ4n) is 3.10. The highest BCUT2D eigenvalue weighted by molar-refractivity contribution is 7.90. The molecule has 0 aliphatic carbocycles. The van der Waals surface area contributed by atoms with Gasteiger partial charge in [-0.1, -0.05) is 18.2 Å². The molecule has 0 unspecified atom stereocenters. The van der Waals surface area contributed by atoms with Crippen molar-refractivity contribution in [1.82, 2.24) is 9.62 Å². The summed E-state index contributed by atoms with van der Waals surface area (Å²) in [6.07, 6.45) is 1.13. The van der Waals surface area contributed by atoms with Gasteiger partial charge in [-0.2, -0.15) is 4.31 Å². The molecular weight excluding hydrogens is 428 g/mol. The van der Waals surface area contributed by atoms with Gasteiger partial charge >= 0.3 is 0 Å². The number of nitrogens with one attached hydrogen (secondary N) is 1. The van der Waals surface area contributed by atoms with Gasteiger partial charge in [-0.15, -0.1) is 0 Å². The summed E-state index contributed by atoms with van der Waals surface area (Å²) in [4.78, 5) is 12.9. The van der Waals surface area contributed by atoms with Crippen LogP contribution in [0.2, 0.25) is 0 Å². The third kappa shape index (κ3) is 5.07. The van der Waals surface area contributed by atoms with Crippen molar-refractivity contribution >= 4 is 25.8 Å². The summed E-state index contributed by atoms with van der Waals surface area (Å²) in [5, 5.41) is 2.81. The summed E-state index contributed by atoms with van der Waals surface area (Å²) in [7, 11) is -7.00. The monoisotopic (exact) mass is 452 g/mol. The molecule has 0 bridgehead atoms. The molecule has 8 nitrogen and oxygen atoms in total. The van der Waals surface area contributed by atoms with E-state index in [4.69, 9.17) is 4.74 Å². The molecule has 2 aromatic rings. The molecule has 1 fully saturated rings. The molecule has 1 aliphatic heterocycles. The molecule has 1 saturated heterocycles. The van der Waals surface area contributed by atoms with Crippen molar-refractivity contribution in [2.75, 3.05) is 32.6 Å². The minimum absolute atomic E-state index is 0.0576. The van der Waals surface area contributed by atoms with Crippen molar-refractivity contribution in [2.24, 2.45) is 0 Å². The Hall–Kier alpha value is -2.27. The smallest absolute Gasteiger partial charge is 0.251 e. The van der Waals surface area contributed by atoms with E-state index in [0.29, 0.717) is 13.2 Å². The Morgan fingerprint density at radius 3 is 2.23 bits per heavy atom. The summed E-state index contributed by atoms with van der Waals surface area (Å²) in [6.45, 7) is 3.00. The maximum absolute atomic E-state index is 12.8. The zero-order valence-corrected chi connectivity index (χ0v) is 18.4. The Kier molecular flexibility index (Phi) is 6.61. The van der Waals surface area contributed by atoms with E-state index in [-0.39, 0.29) is 28.4 Å². The largest absolute Gasteiger partial charge is 0.379 e. The van der Waals surface area contributed by atoms with Gasteiger partial charge in [0.1, 0.15) is 0 Å². The van der Waals surface area contributed by atoms with Crippen LogP contribution in [0.25, 0.3) is 0 Å². The van der Waals surface area contributed by atoms with Gasteiger partial charge in [-0.3, -0.25) is 4.79 Å². The SMILES string of the molecule is C[C@H](NC(=O)c1cccc(S(=O)(=O)N2CCOCC2)c1)c1ccc(S(C)(=O)=O)cc1. The van der Waals surface area contributed by atoms with Gasteiger partial charge in [0.2, 0.25) is 10.0 Å². The highest BCUT2D eigenvalue weighted by Crippen LogP contribution is 2.20. The number of carbonyl (C=O) groups excluding carboxylic acids is 1. The normalized spacial score (nSPS) is 16.7. The van der Waals surface area contributed by atoms with Crippen molar-refractivity contribution in [3.05, 3.63) is 59.7 Å². The third-order valence-electron chi connectivity index (χ3n) is 4.86. The standard InChI is InChI=1S/C20H24N2O6S2/c1-15(16-6-8-18(9-7-16)29(2,24)25)21-20(23)17-4-3-5-19(14-17)30(26,27)22-10-12-28-13-11-22/h3-9,14-15H,10-13H2,1-2H3,(H,21,23)/t15-/m0/s1. The van der Waals surface area contributed by atoms with Crippen LogP contribution in [0.3, 0.4) is 0 Å². The number of ether oxygens (including phenoxy) is 1. The van der Waals surface area contributed by atoms with Crippen LogP contribution in [0.5, 0.6) is 0 Å². The van der Waals surface area contributed by atoms with Gasteiger partial charge in [0, 0.05) is 24.9 Å². The molecule has 162 valence electrons. The summed E-state index contributed by atoms with van der Waals surface area (Å²) in [5.41, 5.74) is 0.955. The van der Waals surface area contributed by atoms with Crippen LogP contribution in [0.4, 0.5) is 0 Å². The van der Waals surface area contributed by atoms with Crippen molar-refractivity contribution in [1.29, 1.82) is 0 Å². The predicted octanol–water partition coefficient (Wildman–Crippen LogP) is 1.60. The lowest BCUT2D eigenvalue weighted by Gasteiger charge is -2.26. The Balaban J connectivity index is 1.75. The zero-order chi connectivity index (χ0) is 21.9. The molecule has 30 heavy (non-hydrogen) atoms. The maximum Gasteiger partial charge on any atom is 0.251 e. The number of hydrogen-bond acceptors (Lipinski definition) is 6. The van der Waals surface area contributed by atoms with Crippen LogP contribution in [-0.2, 0) is 24.6 Å². The molecule has 2 aromatic carbocycles. The summed E-state index contributed by atoms with van der Waals surface area (Å²) in [6, 6.07) is 11.8. The van der Waals surface area contributed by atoms with E-state index in [9.17, 15) is 21.6 Å². The van der Waals surface area contributed by atoms with Gasteiger partial charge in [-0.25, -0.2) is 16.8 Å². The van der Waals surface area contributed by atoms with Gasteiger partial charge in [0.25, 0.3) is 5.91 Å². The number of hydrogen-bond donors (Lipinski definition) is 1. The van der Waals surface area contributed by atoms with E-state index >= 15 is 0 Å². The maximum atomic E-state index is 12.8. The van der Waals surface area contributed by atoms with E-state index in [0.717, 1.165) is 11.8 Å². The highest BCUT2D eigenvalue weighted by Gasteiger charge is 2.27. The molecule has 1 heterocycles. The molecule has 1 amide bonds. The lowest BCUT2D eigenvalue weighted by molar-refractivity contribution is 0.0730. The van der Waals surface area contributed by atoms with Crippen LogP contribution in [-0.4, -0.2) is 59.6 Å². The average molecular weight is 453 g/mol. The third-order valence-corrected chi connectivity index (χ3v) is 7.88. The molecule has 0 aromatic heterocycles. The first-order valence-electron chi connectivity index (χ1n) is 9.38. The number of sulfone groups is 1. The van der Waals surface area contributed by atoms with Crippen LogP contribution in [0.15, 0.2) is 58.3 Å². The molecule has 1 N–H and O–H groups in total. The first-order chi connectivity index (χ1) is 14.1. The molecule has 3 rings (SSSR count). The fourth-order valence-corrected chi connectivity index (χ4v) is 5.19. The first-order valence-corrected chi connectivity index (χ1v) is 12.7. The van der Waals surface area contributed by atoms with E-state index in [1.54, 1.807) is 25.1 Å². The van der Waals surface area contributed by atoms with E-state index in [1.807, 2.05) is 0 Å². The first kappa shape index (κ1) is 22.4. The van der Waals surface area contributed by atoms with Crippen LogP contribution in [0.1, 0.15) is 28.9 Å². The summed E-state index contributed by atoms with van der Waals surface area (Å²) in [5.74, 6) is -0.422. The van der Waals surface area contributed by atoms with Crippen LogP contribution < -0.4 is 5.32 Å². The zero-order valence-electron chi connectivity index (χ0n) is 16.7. The Morgan fingerprint density at radius 1 is 1.00 bits per heavy atom. The number of sulfonamides is 1. The topological polar surface area (TPSA) is 110 Å². The lowest BCUT2D eigenvalue weighted by Crippen LogP contribution is -2.40. The Morgan fingerprint density at radius 2 is 1.63 bits per heavy atom. The minimum Gasteiger partial charge on any atom is -0.379 e. The number of carbonyl (C=O) groups is 1. The Bertz CT molecular complexity index is 1120. The van der Waals surface area contributed by atoms with E-state index in [1.165, 1.54) is 34.6 Å². The van der Waals surface area contributed by atoms with Gasteiger partial charge in [-0.05, 0) is 42.8 Å². The number of morpholine rings is 1. The molecule has 0 spiro atoms. The van der Waals surface area contributed by atoms with E-state index < -0.39 is 31.8 Å². The van der Waals surface area contributed by atoms with Crippen molar-refractivity contribution in [3.8, 4) is 0 Å². The molecule has 10 heteroatoms. The quantitative estimate of drug-likeness (QED) is 0.713. The second kappa shape index (κ2) is 8.84. The number of rotatable bonds is 6. The van der Waals surface area contributed by atoms with Gasteiger partial charge < -0.3 is 10.1 Å². The predicted molar refractivity (Wildman–Crippen MR) is 111 cm³/mol. The molecule has 0 saturated carbocycles. The highest BCUT2D eigenvalue weighted by atomic mass is 32.2. The summed E-state index contributed by atoms with van der Waals surface area (Å²) < 4.78 is 55.3. The molecular formula is C20H24N2O6S2. The molecule has 0 radical (unpaired) electrons.